The smallest absolute Gasteiger partial charge is 0.300 e. The van der Waals surface area contributed by atoms with Crippen molar-refractivity contribution >= 4 is 13.8 Å². The van der Waals surface area contributed by atoms with E-state index in [1.165, 1.54) is 0 Å². The van der Waals surface area contributed by atoms with Gasteiger partial charge in [-0.2, -0.15) is 0 Å². The SMILES string of the molecule is CCOP(=O)(NC=Cc1ccncc1)OCC. The second kappa shape index (κ2) is 7.22. The molecule has 0 aliphatic heterocycles. The highest BCUT2D eigenvalue weighted by atomic mass is 31.2. The molecule has 0 spiro atoms. The highest BCUT2D eigenvalue weighted by Crippen LogP contribution is 2.43. The third-order valence-electron chi connectivity index (χ3n) is 1.81. The largest absolute Gasteiger partial charge is 0.432 e. The Bertz CT molecular complexity index is 385. The summed E-state index contributed by atoms with van der Waals surface area (Å²) in [5.41, 5.74) is 0.951. The van der Waals surface area contributed by atoms with Crippen molar-refractivity contribution in [3.05, 3.63) is 36.3 Å². The molecule has 0 saturated heterocycles. The van der Waals surface area contributed by atoms with Crippen molar-refractivity contribution in [2.45, 2.75) is 13.8 Å². The second-order valence-corrected chi connectivity index (χ2v) is 4.85. The van der Waals surface area contributed by atoms with Gasteiger partial charge in [-0.3, -0.25) is 19.1 Å². The molecule has 1 heterocycles. The van der Waals surface area contributed by atoms with E-state index in [2.05, 4.69) is 10.1 Å². The van der Waals surface area contributed by atoms with Gasteiger partial charge in [0.05, 0.1) is 13.2 Å². The van der Waals surface area contributed by atoms with Crippen molar-refractivity contribution in [1.82, 2.24) is 10.1 Å². The molecule has 0 saturated carbocycles. The van der Waals surface area contributed by atoms with E-state index in [0.29, 0.717) is 13.2 Å². The molecule has 1 N–H and O–H groups in total. The molecule has 0 amide bonds. The first kappa shape index (κ1) is 13.9. The Labute approximate surface area is 101 Å². The maximum absolute atomic E-state index is 12.0. The fraction of sp³-hybridized carbons (Fsp3) is 0.364. The van der Waals surface area contributed by atoms with Gasteiger partial charge in [-0.05, 0) is 37.6 Å². The average Bonchev–Trinajstić information content (AvgIpc) is 2.31. The quantitative estimate of drug-likeness (QED) is 0.760. The summed E-state index contributed by atoms with van der Waals surface area (Å²) in [5.74, 6) is 0. The standard InChI is InChI=1S/C11H17N2O3P/c1-3-15-17(14,16-4-2)13-10-7-11-5-8-12-9-6-11/h5-10H,3-4H2,1-2H3,(H,13,14). The molecule has 17 heavy (non-hydrogen) atoms. The molecule has 0 radical (unpaired) electrons. The van der Waals surface area contributed by atoms with Gasteiger partial charge >= 0.3 is 7.75 Å². The summed E-state index contributed by atoms with van der Waals surface area (Å²) in [6.45, 7) is 4.18. The Balaban J connectivity index is 2.58. The molecule has 1 rings (SSSR count). The molecule has 1 aromatic heterocycles. The Morgan fingerprint density at radius 1 is 1.29 bits per heavy atom. The lowest BCUT2D eigenvalue weighted by Crippen LogP contribution is -2.08. The van der Waals surface area contributed by atoms with Gasteiger partial charge in [0.2, 0.25) is 0 Å². The molecular weight excluding hydrogens is 239 g/mol. The van der Waals surface area contributed by atoms with Crippen LogP contribution < -0.4 is 5.09 Å². The van der Waals surface area contributed by atoms with E-state index < -0.39 is 7.75 Å². The fourth-order valence-corrected chi connectivity index (χ4v) is 2.31. The zero-order chi connectivity index (χ0) is 12.6. The summed E-state index contributed by atoms with van der Waals surface area (Å²) < 4.78 is 22.1. The normalized spacial score (nSPS) is 11.9. The highest BCUT2D eigenvalue weighted by molar-refractivity contribution is 7.51. The van der Waals surface area contributed by atoms with Gasteiger partial charge in [-0.15, -0.1) is 0 Å². The van der Waals surface area contributed by atoms with Gasteiger partial charge in [0.25, 0.3) is 0 Å². The predicted octanol–water partition coefficient (Wildman–Crippen LogP) is 2.82. The molecule has 0 atom stereocenters. The van der Waals surface area contributed by atoms with Crippen LogP contribution in [0.2, 0.25) is 0 Å². The first-order valence-corrected chi connectivity index (χ1v) is 6.98. The van der Waals surface area contributed by atoms with E-state index in [1.807, 2.05) is 12.1 Å². The van der Waals surface area contributed by atoms with Crippen molar-refractivity contribution < 1.29 is 13.6 Å². The number of nitrogens with one attached hydrogen (secondary N) is 1. The first-order chi connectivity index (χ1) is 8.20. The van der Waals surface area contributed by atoms with Crippen LogP contribution in [0.25, 0.3) is 6.08 Å². The summed E-state index contributed by atoms with van der Waals surface area (Å²) in [5, 5.41) is 2.66. The van der Waals surface area contributed by atoms with Crippen molar-refractivity contribution in [2.75, 3.05) is 13.2 Å². The maximum Gasteiger partial charge on any atom is 0.432 e. The Kier molecular flexibility index (Phi) is 5.91. The number of hydrogen-bond donors (Lipinski definition) is 1. The van der Waals surface area contributed by atoms with E-state index in [4.69, 9.17) is 9.05 Å². The zero-order valence-electron chi connectivity index (χ0n) is 10.00. The molecule has 1 aromatic rings. The number of pyridine rings is 1. The number of hydrogen-bond acceptors (Lipinski definition) is 4. The van der Waals surface area contributed by atoms with E-state index in [-0.39, 0.29) is 0 Å². The molecular formula is C11H17N2O3P. The number of nitrogens with zero attached hydrogens (tertiary/aromatic N) is 1. The molecule has 0 aliphatic carbocycles. The summed E-state index contributed by atoms with van der Waals surface area (Å²) in [6, 6.07) is 3.68. The van der Waals surface area contributed by atoms with Crippen LogP contribution in [0.1, 0.15) is 19.4 Å². The van der Waals surface area contributed by atoms with E-state index in [1.54, 1.807) is 38.5 Å². The van der Waals surface area contributed by atoms with Crippen LogP contribution in [-0.4, -0.2) is 18.2 Å². The van der Waals surface area contributed by atoms with Gasteiger partial charge in [0.1, 0.15) is 0 Å². The topological polar surface area (TPSA) is 60.5 Å². The zero-order valence-corrected chi connectivity index (χ0v) is 10.9. The third-order valence-corrected chi connectivity index (χ3v) is 3.47. The molecule has 0 bridgehead atoms. The molecule has 6 heteroatoms. The predicted molar refractivity (Wildman–Crippen MR) is 67.3 cm³/mol. The molecule has 5 nitrogen and oxygen atoms in total. The molecule has 0 unspecified atom stereocenters. The lowest BCUT2D eigenvalue weighted by molar-refractivity contribution is 0.215. The van der Waals surface area contributed by atoms with Crippen LogP contribution >= 0.6 is 7.75 Å². The molecule has 0 aromatic carbocycles. The van der Waals surface area contributed by atoms with Crippen LogP contribution in [0.4, 0.5) is 0 Å². The minimum Gasteiger partial charge on any atom is -0.300 e. The van der Waals surface area contributed by atoms with Gasteiger partial charge in [0, 0.05) is 18.6 Å². The van der Waals surface area contributed by atoms with Crippen molar-refractivity contribution in [3.8, 4) is 0 Å². The minimum absolute atomic E-state index is 0.327. The van der Waals surface area contributed by atoms with E-state index >= 15 is 0 Å². The average molecular weight is 256 g/mol. The van der Waals surface area contributed by atoms with Crippen LogP contribution in [0.3, 0.4) is 0 Å². The highest BCUT2D eigenvalue weighted by Gasteiger charge is 2.20. The molecule has 0 aliphatic rings. The Morgan fingerprint density at radius 2 is 1.88 bits per heavy atom. The lowest BCUT2D eigenvalue weighted by Gasteiger charge is -2.15. The maximum atomic E-state index is 12.0. The van der Waals surface area contributed by atoms with Crippen LogP contribution in [0.5, 0.6) is 0 Å². The van der Waals surface area contributed by atoms with Crippen LogP contribution in [0, 0.1) is 0 Å². The summed E-state index contributed by atoms with van der Waals surface area (Å²) in [4.78, 5) is 3.90. The number of aromatic nitrogens is 1. The number of rotatable bonds is 7. The summed E-state index contributed by atoms with van der Waals surface area (Å²) in [7, 11) is -3.21. The molecule has 0 fully saturated rings. The third kappa shape index (κ3) is 5.13. The Hall–Kier alpha value is -1.16. The van der Waals surface area contributed by atoms with Crippen molar-refractivity contribution in [1.29, 1.82) is 0 Å². The van der Waals surface area contributed by atoms with Gasteiger partial charge < -0.3 is 0 Å². The van der Waals surface area contributed by atoms with Crippen LogP contribution in [0.15, 0.2) is 30.7 Å². The van der Waals surface area contributed by atoms with Crippen molar-refractivity contribution in [2.24, 2.45) is 0 Å². The monoisotopic (exact) mass is 256 g/mol. The van der Waals surface area contributed by atoms with Gasteiger partial charge in [-0.25, -0.2) is 4.57 Å². The minimum atomic E-state index is -3.21. The van der Waals surface area contributed by atoms with Gasteiger partial charge in [-0.1, -0.05) is 0 Å². The molecule has 94 valence electrons. The van der Waals surface area contributed by atoms with E-state index in [9.17, 15) is 4.57 Å². The lowest BCUT2D eigenvalue weighted by atomic mass is 10.3. The van der Waals surface area contributed by atoms with Crippen LogP contribution in [-0.2, 0) is 13.6 Å². The van der Waals surface area contributed by atoms with E-state index in [0.717, 1.165) is 5.56 Å². The first-order valence-electron chi connectivity index (χ1n) is 5.43. The fourth-order valence-electron chi connectivity index (χ4n) is 1.15. The van der Waals surface area contributed by atoms with Gasteiger partial charge in [0.15, 0.2) is 0 Å². The Morgan fingerprint density at radius 3 is 2.41 bits per heavy atom. The summed E-state index contributed by atoms with van der Waals surface area (Å²) >= 11 is 0. The second-order valence-electron chi connectivity index (χ2n) is 3.08. The van der Waals surface area contributed by atoms with Crippen molar-refractivity contribution in [3.63, 3.8) is 0 Å². The summed E-state index contributed by atoms with van der Waals surface area (Å²) in [6.07, 6.45) is 6.70.